The molecule has 3 heteroatoms. The molecule has 0 amide bonds. The fraction of sp³-hybridized carbons (Fsp3) is 0.350. The van der Waals surface area contributed by atoms with Crippen molar-refractivity contribution in [3.05, 3.63) is 65.2 Å². The topological polar surface area (TPSA) is 29.5 Å². The highest BCUT2D eigenvalue weighted by atomic mass is 16.5. The molecule has 1 atom stereocenters. The predicted octanol–water partition coefficient (Wildman–Crippen LogP) is 3.67. The average Bonchev–Trinajstić information content (AvgIpc) is 2.54. The highest BCUT2D eigenvalue weighted by Gasteiger charge is 2.16. The first-order valence-electron chi connectivity index (χ1n) is 7.90. The number of carbonyl (C=O) groups is 1. The third-order valence-corrected chi connectivity index (χ3v) is 3.87. The molecule has 0 fully saturated rings. The van der Waals surface area contributed by atoms with Crippen LogP contribution in [0.1, 0.15) is 28.4 Å². The minimum absolute atomic E-state index is 0.00114. The number of benzene rings is 2. The number of Topliss-reactive ketones (excluding diaryl/α,β-unsaturated/α-hetero) is 1. The van der Waals surface area contributed by atoms with Crippen molar-refractivity contribution in [1.82, 2.24) is 4.90 Å². The molecule has 2 aromatic rings. The summed E-state index contributed by atoms with van der Waals surface area (Å²) in [5.74, 6) is 1.06. The van der Waals surface area contributed by atoms with Gasteiger partial charge in [0.25, 0.3) is 0 Å². The van der Waals surface area contributed by atoms with Gasteiger partial charge in [0.2, 0.25) is 0 Å². The van der Waals surface area contributed by atoms with Gasteiger partial charge in [-0.2, -0.15) is 0 Å². The fourth-order valence-corrected chi connectivity index (χ4v) is 2.73. The maximum atomic E-state index is 12.5. The number of carbonyl (C=O) groups excluding carboxylic acids is 1. The second-order valence-electron chi connectivity index (χ2n) is 6.25. The van der Waals surface area contributed by atoms with E-state index in [0.29, 0.717) is 0 Å². The minimum Gasteiger partial charge on any atom is -0.497 e. The van der Waals surface area contributed by atoms with Crippen molar-refractivity contribution in [2.24, 2.45) is 5.92 Å². The molecule has 0 bridgehead atoms. The lowest BCUT2D eigenvalue weighted by Crippen LogP contribution is -2.25. The number of methoxy groups -OCH3 is 1. The van der Waals surface area contributed by atoms with E-state index >= 15 is 0 Å². The third kappa shape index (κ3) is 4.93. The molecular formula is C20H25NO2. The second-order valence-corrected chi connectivity index (χ2v) is 6.25. The van der Waals surface area contributed by atoms with E-state index in [4.69, 9.17) is 4.74 Å². The number of hydrogen-bond acceptors (Lipinski definition) is 3. The lowest BCUT2D eigenvalue weighted by Gasteiger charge is -2.16. The first-order valence-corrected chi connectivity index (χ1v) is 7.90. The molecule has 2 aromatic carbocycles. The highest BCUT2D eigenvalue weighted by Crippen LogP contribution is 2.17. The highest BCUT2D eigenvalue weighted by molar-refractivity contribution is 5.97. The lowest BCUT2D eigenvalue weighted by molar-refractivity contribution is 0.0910. The Morgan fingerprint density at radius 3 is 2.39 bits per heavy atom. The van der Waals surface area contributed by atoms with Gasteiger partial charge >= 0.3 is 0 Å². The SMILES string of the molecule is COc1ccc(Cc2cccc(C(=O)[C@@H](C)CN(C)C)c2)cc1. The quantitative estimate of drug-likeness (QED) is 0.731. The van der Waals surface area contributed by atoms with E-state index in [0.717, 1.165) is 29.8 Å². The monoisotopic (exact) mass is 311 g/mol. The molecule has 0 N–H and O–H groups in total. The van der Waals surface area contributed by atoms with Gasteiger partial charge in [0.05, 0.1) is 7.11 Å². The van der Waals surface area contributed by atoms with Crippen molar-refractivity contribution in [2.75, 3.05) is 27.7 Å². The van der Waals surface area contributed by atoms with E-state index in [1.807, 2.05) is 56.3 Å². The Morgan fingerprint density at radius 2 is 1.78 bits per heavy atom. The zero-order valence-electron chi connectivity index (χ0n) is 14.4. The Kier molecular flexibility index (Phi) is 5.94. The van der Waals surface area contributed by atoms with Crippen LogP contribution in [0.3, 0.4) is 0 Å². The summed E-state index contributed by atoms with van der Waals surface area (Å²) in [6.07, 6.45) is 0.813. The predicted molar refractivity (Wildman–Crippen MR) is 94.3 cm³/mol. The van der Waals surface area contributed by atoms with Crippen molar-refractivity contribution in [3.63, 3.8) is 0 Å². The molecule has 0 aromatic heterocycles. The van der Waals surface area contributed by atoms with Crippen LogP contribution >= 0.6 is 0 Å². The van der Waals surface area contributed by atoms with Crippen molar-refractivity contribution in [1.29, 1.82) is 0 Å². The molecule has 122 valence electrons. The molecule has 0 radical (unpaired) electrons. The van der Waals surface area contributed by atoms with Gasteiger partial charge < -0.3 is 9.64 Å². The number of hydrogen-bond donors (Lipinski definition) is 0. The van der Waals surface area contributed by atoms with E-state index in [9.17, 15) is 4.79 Å². The average molecular weight is 311 g/mol. The Morgan fingerprint density at radius 1 is 1.09 bits per heavy atom. The molecule has 0 saturated heterocycles. The van der Waals surface area contributed by atoms with Crippen molar-refractivity contribution in [3.8, 4) is 5.75 Å². The molecule has 2 rings (SSSR count). The first-order chi connectivity index (χ1) is 11.0. The van der Waals surface area contributed by atoms with Crippen molar-refractivity contribution >= 4 is 5.78 Å². The van der Waals surface area contributed by atoms with Crippen LogP contribution in [0.2, 0.25) is 0 Å². The molecule has 0 unspecified atom stereocenters. The number of ether oxygens (including phenoxy) is 1. The smallest absolute Gasteiger partial charge is 0.166 e. The molecule has 0 aliphatic rings. The second kappa shape index (κ2) is 7.93. The molecule has 0 saturated carbocycles. The van der Waals surface area contributed by atoms with Crippen molar-refractivity contribution in [2.45, 2.75) is 13.3 Å². The summed E-state index contributed by atoms with van der Waals surface area (Å²) in [6.45, 7) is 2.75. The zero-order valence-corrected chi connectivity index (χ0v) is 14.4. The number of nitrogens with zero attached hydrogens (tertiary/aromatic N) is 1. The van der Waals surface area contributed by atoms with E-state index in [1.54, 1.807) is 7.11 Å². The van der Waals surface area contributed by atoms with Crippen LogP contribution in [0.5, 0.6) is 5.75 Å². The van der Waals surface area contributed by atoms with Crippen LogP contribution in [0.25, 0.3) is 0 Å². The molecule has 0 aliphatic heterocycles. The van der Waals surface area contributed by atoms with Gasteiger partial charge in [-0.05, 0) is 49.8 Å². The summed E-state index contributed by atoms with van der Waals surface area (Å²) in [6, 6.07) is 16.0. The largest absolute Gasteiger partial charge is 0.497 e. The van der Waals surface area contributed by atoms with Gasteiger partial charge in [-0.25, -0.2) is 0 Å². The summed E-state index contributed by atoms with van der Waals surface area (Å²) in [5, 5.41) is 0. The van der Waals surface area contributed by atoms with E-state index < -0.39 is 0 Å². The summed E-state index contributed by atoms with van der Waals surface area (Å²) in [7, 11) is 5.65. The van der Waals surface area contributed by atoms with Crippen LogP contribution in [-0.2, 0) is 6.42 Å². The van der Waals surface area contributed by atoms with E-state index in [2.05, 4.69) is 18.2 Å². The van der Waals surface area contributed by atoms with Crippen LogP contribution in [-0.4, -0.2) is 38.4 Å². The molecule has 3 nitrogen and oxygen atoms in total. The number of rotatable bonds is 7. The van der Waals surface area contributed by atoms with Gasteiger partial charge in [-0.3, -0.25) is 4.79 Å². The normalized spacial score (nSPS) is 12.2. The van der Waals surface area contributed by atoms with Crippen LogP contribution in [0, 0.1) is 5.92 Å². The molecule has 0 aliphatic carbocycles. The first kappa shape index (κ1) is 17.2. The van der Waals surface area contributed by atoms with E-state index in [-0.39, 0.29) is 11.7 Å². The summed E-state index contributed by atoms with van der Waals surface area (Å²) in [4.78, 5) is 14.6. The third-order valence-electron chi connectivity index (χ3n) is 3.87. The maximum absolute atomic E-state index is 12.5. The van der Waals surface area contributed by atoms with E-state index in [1.165, 1.54) is 5.56 Å². The fourth-order valence-electron chi connectivity index (χ4n) is 2.73. The minimum atomic E-state index is 0.00114. The molecule has 0 spiro atoms. The maximum Gasteiger partial charge on any atom is 0.166 e. The molecular weight excluding hydrogens is 286 g/mol. The van der Waals surface area contributed by atoms with Crippen molar-refractivity contribution < 1.29 is 9.53 Å². The van der Waals surface area contributed by atoms with Crippen LogP contribution < -0.4 is 4.74 Å². The molecule has 0 heterocycles. The van der Waals surface area contributed by atoms with Gasteiger partial charge in [0, 0.05) is 18.0 Å². The Labute approximate surface area is 138 Å². The summed E-state index contributed by atoms with van der Waals surface area (Å²) in [5.41, 5.74) is 3.15. The summed E-state index contributed by atoms with van der Waals surface area (Å²) < 4.78 is 5.18. The van der Waals surface area contributed by atoms with Crippen LogP contribution in [0.4, 0.5) is 0 Å². The Balaban J connectivity index is 2.11. The standard InChI is InChI=1S/C20H25NO2/c1-15(14-21(2)3)20(22)18-7-5-6-17(13-18)12-16-8-10-19(23-4)11-9-16/h5-11,13,15H,12,14H2,1-4H3/t15-/m0/s1. The number of ketones is 1. The van der Waals surface area contributed by atoms with Gasteiger partial charge in [0.15, 0.2) is 5.78 Å². The van der Waals surface area contributed by atoms with Gasteiger partial charge in [0.1, 0.15) is 5.75 Å². The zero-order chi connectivity index (χ0) is 16.8. The Bertz CT molecular complexity index is 647. The van der Waals surface area contributed by atoms with Gasteiger partial charge in [-0.1, -0.05) is 37.3 Å². The van der Waals surface area contributed by atoms with Gasteiger partial charge in [-0.15, -0.1) is 0 Å². The lowest BCUT2D eigenvalue weighted by atomic mass is 9.95. The molecule has 23 heavy (non-hydrogen) atoms. The summed E-state index contributed by atoms with van der Waals surface area (Å²) >= 11 is 0. The van der Waals surface area contributed by atoms with Crippen LogP contribution in [0.15, 0.2) is 48.5 Å². The Hall–Kier alpha value is -2.13.